The van der Waals surface area contributed by atoms with Crippen LogP contribution in [0.4, 0.5) is 11.4 Å². The molecule has 0 aliphatic carbocycles. The number of hydrogen-bond acceptors (Lipinski definition) is 4. The Bertz CT molecular complexity index is 1100. The molecule has 0 fully saturated rings. The number of amides is 2. The number of fused-ring (bicyclic) bond motifs is 1. The topological polar surface area (TPSA) is 83.6 Å². The van der Waals surface area contributed by atoms with Crippen LogP contribution in [0.25, 0.3) is 0 Å². The molecular formula is C22H25BrN2O4S. The van der Waals surface area contributed by atoms with E-state index in [1.165, 1.54) is 6.07 Å². The fourth-order valence-corrected chi connectivity index (χ4v) is 5.51. The van der Waals surface area contributed by atoms with Crippen LogP contribution in [-0.2, 0) is 25.8 Å². The molecule has 0 saturated carbocycles. The zero-order chi connectivity index (χ0) is 22.1. The monoisotopic (exact) mass is 492 g/mol. The van der Waals surface area contributed by atoms with Gasteiger partial charge >= 0.3 is 0 Å². The van der Waals surface area contributed by atoms with E-state index in [2.05, 4.69) is 21.2 Å². The molecule has 1 aliphatic heterocycles. The molecule has 0 radical (unpaired) electrons. The lowest BCUT2D eigenvalue weighted by atomic mass is 10.1. The van der Waals surface area contributed by atoms with E-state index in [1.54, 1.807) is 23.1 Å². The van der Waals surface area contributed by atoms with Gasteiger partial charge in [0.1, 0.15) is 0 Å². The number of anilines is 2. The van der Waals surface area contributed by atoms with Gasteiger partial charge in [-0.15, -0.1) is 0 Å². The molecule has 8 heteroatoms. The molecule has 3 rings (SSSR count). The van der Waals surface area contributed by atoms with Crippen LogP contribution < -0.4 is 10.2 Å². The predicted octanol–water partition coefficient (Wildman–Crippen LogP) is 4.25. The van der Waals surface area contributed by atoms with Crippen molar-refractivity contribution in [2.24, 2.45) is 0 Å². The van der Waals surface area contributed by atoms with E-state index >= 15 is 0 Å². The first-order valence-electron chi connectivity index (χ1n) is 9.86. The van der Waals surface area contributed by atoms with E-state index in [9.17, 15) is 18.0 Å². The van der Waals surface area contributed by atoms with Gasteiger partial charge in [0.25, 0.3) is 0 Å². The quantitative estimate of drug-likeness (QED) is 0.653. The summed E-state index contributed by atoms with van der Waals surface area (Å²) < 4.78 is 26.3. The molecule has 6 nitrogen and oxygen atoms in total. The van der Waals surface area contributed by atoms with Crippen molar-refractivity contribution in [1.29, 1.82) is 0 Å². The highest BCUT2D eigenvalue weighted by Gasteiger charge is 2.31. The summed E-state index contributed by atoms with van der Waals surface area (Å²) in [5.74, 6) is -0.623. The average molecular weight is 493 g/mol. The van der Waals surface area contributed by atoms with Gasteiger partial charge in [-0.25, -0.2) is 8.42 Å². The lowest BCUT2D eigenvalue weighted by Gasteiger charge is -2.22. The standard InChI is InChI=1S/C22H25BrN2O4S/c1-4-22(27)25-15(3)12-16-13-17(6-8-20(16)25)30(28,29)10-9-21(26)24-19-7-5-14(2)11-18(19)23/h5-8,11,13,15H,4,9-10,12H2,1-3H3,(H,24,26)/t15-/m1/s1. The van der Waals surface area contributed by atoms with Crippen LogP contribution in [0.3, 0.4) is 0 Å². The second-order valence-electron chi connectivity index (χ2n) is 7.56. The number of benzene rings is 2. The van der Waals surface area contributed by atoms with Gasteiger partial charge in [0.2, 0.25) is 11.8 Å². The minimum atomic E-state index is -3.62. The Morgan fingerprint density at radius 2 is 1.93 bits per heavy atom. The summed E-state index contributed by atoms with van der Waals surface area (Å²) in [6.45, 7) is 5.71. The SMILES string of the molecule is CCC(=O)N1c2ccc(S(=O)(=O)CCC(=O)Nc3ccc(C)cc3Br)cc2C[C@H]1C. The summed E-state index contributed by atoms with van der Waals surface area (Å²) in [5, 5.41) is 2.74. The van der Waals surface area contributed by atoms with Gasteiger partial charge in [-0.05, 0) is 77.7 Å². The van der Waals surface area contributed by atoms with Crippen molar-refractivity contribution in [3.8, 4) is 0 Å². The molecule has 160 valence electrons. The van der Waals surface area contributed by atoms with Crippen molar-refractivity contribution in [1.82, 2.24) is 0 Å². The van der Waals surface area contributed by atoms with E-state index in [4.69, 9.17) is 0 Å². The van der Waals surface area contributed by atoms with Crippen LogP contribution in [0, 0.1) is 6.92 Å². The minimum absolute atomic E-state index is 0.00383. The molecule has 1 heterocycles. The number of hydrogen-bond donors (Lipinski definition) is 1. The third kappa shape index (κ3) is 4.75. The van der Waals surface area contributed by atoms with E-state index < -0.39 is 9.84 Å². The number of aryl methyl sites for hydroxylation is 1. The summed E-state index contributed by atoms with van der Waals surface area (Å²) in [6.07, 6.45) is 0.874. The van der Waals surface area contributed by atoms with Gasteiger partial charge in [0.15, 0.2) is 9.84 Å². The van der Waals surface area contributed by atoms with Crippen molar-refractivity contribution in [3.05, 3.63) is 52.0 Å². The number of rotatable bonds is 6. The predicted molar refractivity (Wildman–Crippen MR) is 122 cm³/mol. The van der Waals surface area contributed by atoms with Crippen LogP contribution in [0.2, 0.25) is 0 Å². The molecule has 2 aromatic rings. The molecule has 0 aromatic heterocycles. The molecule has 0 unspecified atom stereocenters. The maximum atomic E-state index is 12.8. The molecule has 1 aliphatic rings. The second kappa shape index (κ2) is 8.89. The van der Waals surface area contributed by atoms with Crippen molar-refractivity contribution >= 4 is 49.0 Å². The number of nitrogens with one attached hydrogen (secondary N) is 1. The zero-order valence-corrected chi connectivity index (χ0v) is 19.6. The summed E-state index contributed by atoms with van der Waals surface area (Å²) in [7, 11) is -3.62. The Balaban J connectivity index is 1.70. The number of carbonyl (C=O) groups excluding carboxylic acids is 2. The van der Waals surface area contributed by atoms with Gasteiger partial charge in [0, 0.05) is 29.0 Å². The third-order valence-corrected chi connectivity index (χ3v) is 7.56. The molecular weight excluding hydrogens is 468 g/mol. The van der Waals surface area contributed by atoms with Gasteiger partial charge < -0.3 is 10.2 Å². The zero-order valence-electron chi connectivity index (χ0n) is 17.2. The Morgan fingerprint density at radius 1 is 1.20 bits per heavy atom. The highest BCUT2D eigenvalue weighted by Crippen LogP contribution is 2.34. The molecule has 1 atom stereocenters. The van der Waals surface area contributed by atoms with Gasteiger partial charge in [-0.1, -0.05) is 13.0 Å². The first-order chi connectivity index (χ1) is 14.1. The average Bonchev–Trinajstić information content (AvgIpc) is 3.03. The van der Waals surface area contributed by atoms with Gasteiger partial charge in [-0.2, -0.15) is 0 Å². The molecule has 1 N–H and O–H groups in total. The summed E-state index contributed by atoms with van der Waals surface area (Å²) in [4.78, 5) is 26.4. The van der Waals surface area contributed by atoms with Crippen LogP contribution >= 0.6 is 15.9 Å². The van der Waals surface area contributed by atoms with Crippen molar-refractivity contribution in [2.75, 3.05) is 16.0 Å². The fraction of sp³-hybridized carbons (Fsp3) is 0.364. The number of sulfone groups is 1. The van der Waals surface area contributed by atoms with Crippen LogP contribution in [0.15, 0.2) is 45.8 Å². The summed E-state index contributed by atoms with van der Waals surface area (Å²) in [5.41, 5.74) is 3.27. The third-order valence-electron chi connectivity index (χ3n) is 5.19. The van der Waals surface area contributed by atoms with E-state index in [0.717, 1.165) is 21.3 Å². The highest BCUT2D eigenvalue weighted by molar-refractivity contribution is 9.10. The molecule has 30 heavy (non-hydrogen) atoms. The van der Waals surface area contributed by atoms with E-state index in [1.807, 2.05) is 32.9 Å². The molecule has 0 spiro atoms. The molecule has 0 saturated heterocycles. The van der Waals surface area contributed by atoms with Crippen LogP contribution in [0.5, 0.6) is 0 Å². The largest absolute Gasteiger partial charge is 0.325 e. The van der Waals surface area contributed by atoms with Crippen molar-refractivity contribution < 1.29 is 18.0 Å². The van der Waals surface area contributed by atoms with E-state index in [-0.39, 0.29) is 34.9 Å². The first-order valence-corrected chi connectivity index (χ1v) is 12.3. The first kappa shape index (κ1) is 22.5. The van der Waals surface area contributed by atoms with Crippen LogP contribution in [0.1, 0.15) is 37.8 Å². The Hall–Kier alpha value is -2.19. The lowest BCUT2D eigenvalue weighted by molar-refractivity contribution is -0.118. The maximum Gasteiger partial charge on any atom is 0.226 e. The molecule has 2 amide bonds. The molecule has 0 bridgehead atoms. The number of halogens is 1. The highest BCUT2D eigenvalue weighted by atomic mass is 79.9. The number of carbonyl (C=O) groups is 2. The maximum absolute atomic E-state index is 12.8. The van der Waals surface area contributed by atoms with E-state index in [0.29, 0.717) is 18.5 Å². The van der Waals surface area contributed by atoms with Gasteiger partial charge in [-0.3, -0.25) is 9.59 Å². The Kier molecular flexibility index (Phi) is 6.67. The number of nitrogens with zero attached hydrogens (tertiary/aromatic N) is 1. The Labute approximate surface area is 185 Å². The summed E-state index contributed by atoms with van der Waals surface area (Å²) in [6, 6.07) is 10.4. The fourth-order valence-electron chi connectivity index (χ4n) is 3.63. The van der Waals surface area contributed by atoms with Crippen molar-refractivity contribution in [3.63, 3.8) is 0 Å². The van der Waals surface area contributed by atoms with Gasteiger partial charge in [0.05, 0.1) is 16.3 Å². The lowest BCUT2D eigenvalue weighted by Crippen LogP contribution is -2.35. The Morgan fingerprint density at radius 3 is 2.60 bits per heavy atom. The van der Waals surface area contributed by atoms with Crippen molar-refractivity contribution in [2.45, 2.75) is 51.0 Å². The van der Waals surface area contributed by atoms with Crippen LogP contribution in [-0.4, -0.2) is 32.0 Å². The normalized spacial score (nSPS) is 15.7. The smallest absolute Gasteiger partial charge is 0.226 e. The second-order valence-corrected chi connectivity index (χ2v) is 10.5. The summed E-state index contributed by atoms with van der Waals surface area (Å²) >= 11 is 3.40. The molecule has 2 aromatic carbocycles. The minimum Gasteiger partial charge on any atom is -0.325 e.